The molecule has 0 saturated carbocycles. The zero-order valence-corrected chi connectivity index (χ0v) is 10.3. The number of rotatable bonds is 5. The largest absolute Gasteiger partial charge is 0.394 e. The van der Waals surface area contributed by atoms with Gasteiger partial charge < -0.3 is 15.7 Å². The average Bonchev–Trinajstić information content (AvgIpc) is 2.35. The molecule has 0 aliphatic carbocycles. The first-order valence-corrected chi connectivity index (χ1v) is 5.50. The van der Waals surface area contributed by atoms with E-state index in [1.807, 2.05) is 13.8 Å². The number of hydrogen-bond donors (Lipinski definition) is 3. The second kappa shape index (κ2) is 6.15. The Balaban J connectivity index is 2.71. The third-order valence-corrected chi connectivity index (χ3v) is 2.45. The Morgan fingerprint density at radius 3 is 2.53 bits per heavy atom. The van der Waals surface area contributed by atoms with Crippen LogP contribution in [0.25, 0.3) is 0 Å². The summed E-state index contributed by atoms with van der Waals surface area (Å²) in [4.78, 5) is 19.3. The normalized spacial score (nSPS) is 12.3. The molecule has 0 radical (unpaired) electrons. The summed E-state index contributed by atoms with van der Waals surface area (Å²) in [7, 11) is 1.54. The first-order valence-electron chi connectivity index (χ1n) is 5.50. The standard InChI is InChI=1S/C11H18N4O2/c1-7(2)9(6-16)15-10-5-13-8(4-14-10)11(17)12-3/h4-5,7,9,16H,6H2,1-3H3,(H,12,17)(H,14,15)/t9-/m1/s1. The van der Waals surface area contributed by atoms with E-state index >= 15 is 0 Å². The molecule has 0 spiro atoms. The maximum Gasteiger partial charge on any atom is 0.271 e. The summed E-state index contributed by atoms with van der Waals surface area (Å²) >= 11 is 0. The van der Waals surface area contributed by atoms with E-state index in [1.165, 1.54) is 19.4 Å². The molecule has 1 aromatic heterocycles. The van der Waals surface area contributed by atoms with Crippen molar-refractivity contribution in [3.8, 4) is 0 Å². The zero-order chi connectivity index (χ0) is 12.8. The van der Waals surface area contributed by atoms with Crippen LogP contribution in [0.3, 0.4) is 0 Å². The average molecular weight is 238 g/mol. The van der Waals surface area contributed by atoms with Crippen LogP contribution in [0.1, 0.15) is 24.3 Å². The number of aliphatic hydroxyl groups is 1. The molecule has 6 heteroatoms. The molecular formula is C11H18N4O2. The van der Waals surface area contributed by atoms with Crippen LogP contribution in [-0.2, 0) is 0 Å². The monoisotopic (exact) mass is 238 g/mol. The van der Waals surface area contributed by atoms with E-state index in [-0.39, 0.29) is 30.2 Å². The van der Waals surface area contributed by atoms with Crippen LogP contribution in [0, 0.1) is 5.92 Å². The van der Waals surface area contributed by atoms with Gasteiger partial charge in [-0.2, -0.15) is 0 Å². The van der Waals surface area contributed by atoms with Gasteiger partial charge in [0.2, 0.25) is 0 Å². The Bertz CT molecular complexity index is 364. The number of aliphatic hydroxyl groups excluding tert-OH is 1. The molecule has 0 aliphatic rings. The number of hydrogen-bond acceptors (Lipinski definition) is 5. The van der Waals surface area contributed by atoms with Crippen molar-refractivity contribution < 1.29 is 9.90 Å². The van der Waals surface area contributed by atoms with Crippen molar-refractivity contribution in [3.63, 3.8) is 0 Å². The molecule has 3 N–H and O–H groups in total. The van der Waals surface area contributed by atoms with Crippen molar-refractivity contribution in [1.82, 2.24) is 15.3 Å². The lowest BCUT2D eigenvalue weighted by atomic mass is 10.1. The molecule has 0 saturated heterocycles. The highest BCUT2D eigenvalue weighted by Crippen LogP contribution is 2.09. The molecule has 0 bridgehead atoms. The molecule has 1 atom stereocenters. The molecule has 1 rings (SSSR count). The van der Waals surface area contributed by atoms with Gasteiger partial charge in [0.05, 0.1) is 25.0 Å². The van der Waals surface area contributed by atoms with Crippen LogP contribution >= 0.6 is 0 Å². The highest BCUT2D eigenvalue weighted by molar-refractivity contribution is 5.91. The Labute approximate surface area is 100 Å². The van der Waals surface area contributed by atoms with Crippen LogP contribution in [-0.4, -0.2) is 40.7 Å². The molecule has 0 aliphatic heterocycles. The Morgan fingerprint density at radius 1 is 1.41 bits per heavy atom. The number of carbonyl (C=O) groups is 1. The molecule has 17 heavy (non-hydrogen) atoms. The number of anilines is 1. The van der Waals surface area contributed by atoms with Gasteiger partial charge in [0.1, 0.15) is 11.5 Å². The van der Waals surface area contributed by atoms with Crippen molar-refractivity contribution in [2.75, 3.05) is 19.0 Å². The molecule has 0 fully saturated rings. The Morgan fingerprint density at radius 2 is 2.12 bits per heavy atom. The smallest absolute Gasteiger partial charge is 0.271 e. The highest BCUT2D eigenvalue weighted by Gasteiger charge is 2.13. The quantitative estimate of drug-likeness (QED) is 0.685. The minimum atomic E-state index is -0.272. The number of aromatic nitrogens is 2. The summed E-state index contributed by atoms with van der Waals surface area (Å²) in [5.74, 6) is 0.553. The molecular weight excluding hydrogens is 220 g/mol. The van der Waals surface area contributed by atoms with Crippen LogP contribution in [0.15, 0.2) is 12.4 Å². The minimum absolute atomic E-state index is 0.0243. The van der Waals surface area contributed by atoms with Crippen LogP contribution < -0.4 is 10.6 Å². The molecule has 1 aromatic rings. The summed E-state index contributed by atoms with van der Waals surface area (Å²) < 4.78 is 0. The fourth-order valence-electron chi connectivity index (χ4n) is 1.26. The van der Waals surface area contributed by atoms with Crippen LogP contribution in [0.4, 0.5) is 5.82 Å². The van der Waals surface area contributed by atoms with Crippen LogP contribution in [0.2, 0.25) is 0 Å². The van der Waals surface area contributed by atoms with Gasteiger partial charge in [-0.25, -0.2) is 9.97 Å². The lowest BCUT2D eigenvalue weighted by Gasteiger charge is -2.20. The SMILES string of the molecule is CNC(=O)c1cnc(N[C@H](CO)C(C)C)cn1. The topological polar surface area (TPSA) is 87.1 Å². The summed E-state index contributed by atoms with van der Waals surface area (Å²) in [5, 5.41) is 14.7. The summed E-state index contributed by atoms with van der Waals surface area (Å²) in [5.41, 5.74) is 0.267. The molecule has 0 aromatic carbocycles. The Kier molecular flexibility index (Phi) is 4.84. The fraction of sp³-hybridized carbons (Fsp3) is 0.545. The van der Waals surface area contributed by atoms with Gasteiger partial charge in [0, 0.05) is 7.05 Å². The minimum Gasteiger partial charge on any atom is -0.394 e. The molecule has 1 amide bonds. The number of carbonyl (C=O) groups excluding carboxylic acids is 1. The summed E-state index contributed by atoms with van der Waals surface area (Å²) in [6.45, 7) is 4.02. The first-order chi connectivity index (χ1) is 8.08. The van der Waals surface area contributed by atoms with Crippen molar-refractivity contribution in [3.05, 3.63) is 18.1 Å². The third-order valence-electron chi connectivity index (χ3n) is 2.45. The molecule has 1 heterocycles. The second-order valence-corrected chi connectivity index (χ2v) is 4.04. The van der Waals surface area contributed by atoms with E-state index in [2.05, 4.69) is 20.6 Å². The van der Waals surface area contributed by atoms with Gasteiger partial charge in [-0.3, -0.25) is 4.79 Å². The number of nitrogens with one attached hydrogen (secondary N) is 2. The van der Waals surface area contributed by atoms with E-state index in [1.54, 1.807) is 0 Å². The van der Waals surface area contributed by atoms with E-state index < -0.39 is 0 Å². The van der Waals surface area contributed by atoms with E-state index in [9.17, 15) is 4.79 Å². The number of amides is 1. The van der Waals surface area contributed by atoms with Gasteiger partial charge in [-0.15, -0.1) is 0 Å². The van der Waals surface area contributed by atoms with Gasteiger partial charge in [-0.1, -0.05) is 13.8 Å². The highest BCUT2D eigenvalue weighted by atomic mass is 16.3. The van der Waals surface area contributed by atoms with Gasteiger partial charge in [0.25, 0.3) is 5.91 Å². The van der Waals surface area contributed by atoms with E-state index in [4.69, 9.17) is 5.11 Å². The van der Waals surface area contributed by atoms with Crippen LogP contribution in [0.5, 0.6) is 0 Å². The van der Waals surface area contributed by atoms with E-state index in [0.717, 1.165) is 0 Å². The lowest BCUT2D eigenvalue weighted by Crippen LogP contribution is -2.30. The van der Waals surface area contributed by atoms with Crippen molar-refractivity contribution in [1.29, 1.82) is 0 Å². The lowest BCUT2D eigenvalue weighted by molar-refractivity contribution is 0.0958. The van der Waals surface area contributed by atoms with Crippen molar-refractivity contribution in [2.24, 2.45) is 5.92 Å². The molecule has 6 nitrogen and oxygen atoms in total. The van der Waals surface area contributed by atoms with Crippen molar-refractivity contribution in [2.45, 2.75) is 19.9 Å². The molecule has 0 unspecified atom stereocenters. The molecule has 94 valence electrons. The zero-order valence-electron chi connectivity index (χ0n) is 10.3. The van der Waals surface area contributed by atoms with Gasteiger partial charge in [0.15, 0.2) is 0 Å². The number of nitrogens with zero attached hydrogens (tertiary/aromatic N) is 2. The Hall–Kier alpha value is -1.69. The van der Waals surface area contributed by atoms with E-state index in [0.29, 0.717) is 5.82 Å². The maximum absolute atomic E-state index is 11.2. The van der Waals surface area contributed by atoms with Gasteiger partial charge >= 0.3 is 0 Å². The fourth-order valence-corrected chi connectivity index (χ4v) is 1.26. The maximum atomic E-state index is 11.2. The van der Waals surface area contributed by atoms with Gasteiger partial charge in [-0.05, 0) is 5.92 Å². The predicted molar refractivity (Wildman–Crippen MR) is 64.8 cm³/mol. The second-order valence-electron chi connectivity index (χ2n) is 4.04. The first kappa shape index (κ1) is 13.4. The summed E-state index contributed by atoms with van der Waals surface area (Å²) in [6, 6.07) is -0.0739. The third kappa shape index (κ3) is 3.67. The van der Waals surface area contributed by atoms with Crippen molar-refractivity contribution >= 4 is 11.7 Å². The predicted octanol–water partition coefficient (Wildman–Crippen LogP) is 0.265. The summed E-state index contributed by atoms with van der Waals surface area (Å²) in [6.07, 6.45) is 2.88.